The molecule has 0 amide bonds. The largest absolute Gasteiger partial charge is 0.397 e. The van der Waals surface area contributed by atoms with Gasteiger partial charge in [0.05, 0.1) is 35.2 Å². The molecule has 4 N–H and O–H groups in total. The van der Waals surface area contributed by atoms with Crippen molar-refractivity contribution in [1.29, 1.82) is 5.26 Å². The molecule has 0 aromatic heterocycles. The number of anilines is 2. The number of hydrogen-bond donors (Lipinski definition) is 3. The summed E-state index contributed by atoms with van der Waals surface area (Å²) in [4.78, 5) is 1.78. The van der Waals surface area contributed by atoms with Gasteiger partial charge in [0.1, 0.15) is 0 Å². The Labute approximate surface area is 93.3 Å². The molecular formula is C11H13N3O2. The highest BCUT2D eigenvalue weighted by Crippen LogP contribution is 2.27. The van der Waals surface area contributed by atoms with Crippen molar-refractivity contribution >= 4 is 11.4 Å². The van der Waals surface area contributed by atoms with Gasteiger partial charge >= 0.3 is 0 Å². The van der Waals surface area contributed by atoms with E-state index in [-0.39, 0.29) is 0 Å². The van der Waals surface area contributed by atoms with Crippen molar-refractivity contribution in [3.05, 3.63) is 23.8 Å². The number of aliphatic hydroxyl groups is 2. The molecule has 0 spiro atoms. The molecule has 2 atom stereocenters. The van der Waals surface area contributed by atoms with E-state index in [2.05, 4.69) is 0 Å². The summed E-state index contributed by atoms with van der Waals surface area (Å²) in [7, 11) is 0. The molecule has 0 radical (unpaired) electrons. The first-order valence-corrected chi connectivity index (χ1v) is 5.02. The van der Waals surface area contributed by atoms with Gasteiger partial charge in [0.25, 0.3) is 0 Å². The lowest BCUT2D eigenvalue weighted by Crippen LogP contribution is -2.22. The molecule has 16 heavy (non-hydrogen) atoms. The fourth-order valence-electron chi connectivity index (χ4n) is 1.85. The zero-order valence-electron chi connectivity index (χ0n) is 8.67. The maximum atomic E-state index is 9.45. The topological polar surface area (TPSA) is 93.5 Å². The van der Waals surface area contributed by atoms with Crippen molar-refractivity contribution in [2.45, 2.75) is 12.2 Å². The highest BCUT2D eigenvalue weighted by atomic mass is 16.3. The fraction of sp³-hybridized carbons (Fsp3) is 0.364. The summed E-state index contributed by atoms with van der Waals surface area (Å²) in [5, 5.41) is 27.7. The molecule has 0 bridgehead atoms. The first kappa shape index (κ1) is 10.7. The molecule has 2 rings (SSSR count). The second kappa shape index (κ2) is 4.00. The summed E-state index contributed by atoms with van der Waals surface area (Å²) in [6.45, 7) is 0.667. The van der Waals surface area contributed by atoms with E-state index >= 15 is 0 Å². The van der Waals surface area contributed by atoms with Crippen molar-refractivity contribution in [3.8, 4) is 6.07 Å². The maximum Gasteiger partial charge on any atom is 0.0992 e. The van der Waals surface area contributed by atoms with E-state index in [1.807, 2.05) is 6.07 Å². The zero-order chi connectivity index (χ0) is 11.7. The minimum atomic E-state index is -0.759. The third kappa shape index (κ3) is 1.81. The quantitative estimate of drug-likeness (QED) is 0.563. The minimum Gasteiger partial charge on any atom is -0.397 e. The molecule has 1 heterocycles. The number of nitriles is 1. The van der Waals surface area contributed by atoms with E-state index < -0.39 is 12.2 Å². The van der Waals surface area contributed by atoms with Crippen LogP contribution in [0.3, 0.4) is 0 Å². The van der Waals surface area contributed by atoms with Gasteiger partial charge < -0.3 is 20.8 Å². The summed E-state index contributed by atoms with van der Waals surface area (Å²) in [5.41, 5.74) is 7.55. The van der Waals surface area contributed by atoms with Crippen LogP contribution < -0.4 is 10.6 Å². The van der Waals surface area contributed by atoms with Crippen LogP contribution in [0.2, 0.25) is 0 Å². The number of aliphatic hydroxyl groups excluding tert-OH is 2. The molecule has 5 nitrogen and oxygen atoms in total. The van der Waals surface area contributed by atoms with E-state index in [1.54, 1.807) is 23.1 Å². The summed E-state index contributed by atoms with van der Waals surface area (Å²) in [5.74, 6) is 0. The van der Waals surface area contributed by atoms with Crippen molar-refractivity contribution in [2.24, 2.45) is 0 Å². The lowest BCUT2D eigenvalue weighted by atomic mass is 10.2. The molecule has 1 saturated heterocycles. The average Bonchev–Trinajstić information content (AvgIpc) is 2.60. The molecule has 1 aliphatic heterocycles. The normalized spacial score (nSPS) is 24.4. The summed E-state index contributed by atoms with van der Waals surface area (Å²) >= 11 is 0. The Kier molecular flexibility index (Phi) is 2.69. The van der Waals surface area contributed by atoms with Gasteiger partial charge in [0.15, 0.2) is 0 Å². The Morgan fingerprint density at radius 2 is 1.94 bits per heavy atom. The van der Waals surface area contributed by atoms with Gasteiger partial charge in [-0.2, -0.15) is 5.26 Å². The second-order valence-corrected chi connectivity index (χ2v) is 3.93. The van der Waals surface area contributed by atoms with E-state index in [0.717, 1.165) is 0 Å². The van der Waals surface area contributed by atoms with Crippen LogP contribution in [0, 0.1) is 11.3 Å². The Bertz CT molecular complexity index is 431. The van der Waals surface area contributed by atoms with E-state index in [9.17, 15) is 10.2 Å². The number of rotatable bonds is 1. The second-order valence-electron chi connectivity index (χ2n) is 3.93. The smallest absolute Gasteiger partial charge is 0.0992 e. The van der Waals surface area contributed by atoms with Gasteiger partial charge in [-0.1, -0.05) is 0 Å². The van der Waals surface area contributed by atoms with Gasteiger partial charge in [0, 0.05) is 13.1 Å². The zero-order valence-corrected chi connectivity index (χ0v) is 8.67. The Balaban J connectivity index is 2.31. The molecule has 1 aliphatic rings. The van der Waals surface area contributed by atoms with Crippen LogP contribution in [-0.2, 0) is 0 Å². The third-order valence-electron chi connectivity index (χ3n) is 2.76. The number of benzene rings is 1. The van der Waals surface area contributed by atoms with Gasteiger partial charge in [0.2, 0.25) is 0 Å². The maximum absolute atomic E-state index is 9.45. The molecule has 1 aromatic rings. The molecular weight excluding hydrogens is 206 g/mol. The van der Waals surface area contributed by atoms with Gasteiger partial charge in [-0.25, -0.2) is 0 Å². The lowest BCUT2D eigenvalue weighted by Gasteiger charge is -2.19. The SMILES string of the molecule is N#Cc1ccc(N)c(N2CC(O)C(O)C2)c1. The van der Waals surface area contributed by atoms with Crippen molar-refractivity contribution < 1.29 is 10.2 Å². The standard InChI is InChI=1S/C11H13N3O2/c12-4-7-1-2-8(13)9(3-7)14-5-10(15)11(16)6-14/h1-3,10-11,15-16H,5-6,13H2. The van der Waals surface area contributed by atoms with Crippen molar-refractivity contribution in [3.63, 3.8) is 0 Å². The molecule has 5 heteroatoms. The van der Waals surface area contributed by atoms with Crippen LogP contribution in [0.1, 0.15) is 5.56 Å². The van der Waals surface area contributed by atoms with E-state index in [4.69, 9.17) is 11.0 Å². The summed E-state index contributed by atoms with van der Waals surface area (Å²) in [6, 6.07) is 7.00. The molecule has 84 valence electrons. The average molecular weight is 219 g/mol. The van der Waals surface area contributed by atoms with Crippen LogP contribution in [0.15, 0.2) is 18.2 Å². The lowest BCUT2D eigenvalue weighted by molar-refractivity contribution is 0.0572. The molecule has 1 aromatic carbocycles. The predicted octanol–water partition coefficient (Wildman–Crippen LogP) is -0.318. The van der Waals surface area contributed by atoms with Gasteiger partial charge in [-0.15, -0.1) is 0 Å². The number of nitrogens with zero attached hydrogens (tertiary/aromatic N) is 2. The van der Waals surface area contributed by atoms with Crippen LogP contribution in [-0.4, -0.2) is 35.5 Å². The number of hydrogen-bond acceptors (Lipinski definition) is 5. The Hall–Kier alpha value is -1.77. The fourth-order valence-corrected chi connectivity index (χ4v) is 1.85. The monoisotopic (exact) mass is 219 g/mol. The Morgan fingerprint density at radius 3 is 2.50 bits per heavy atom. The minimum absolute atomic E-state index is 0.334. The van der Waals surface area contributed by atoms with Gasteiger partial charge in [-0.05, 0) is 18.2 Å². The van der Waals surface area contributed by atoms with Crippen molar-refractivity contribution in [1.82, 2.24) is 0 Å². The summed E-state index contributed by atoms with van der Waals surface area (Å²) < 4.78 is 0. The summed E-state index contributed by atoms with van der Waals surface area (Å²) in [6.07, 6.45) is -1.52. The first-order valence-electron chi connectivity index (χ1n) is 5.02. The number of nitrogens with two attached hydrogens (primary N) is 1. The van der Waals surface area contributed by atoms with E-state index in [0.29, 0.717) is 30.0 Å². The van der Waals surface area contributed by atoms with Crippen LogP contribution in [0.25, 0.3) is 0 Å². The molecule has 2 unspecified atom stereocenters. The van der Waals surface area contributed by atoms with Crippen LogP contribution in [0.4, 0.5) is 11.4 Å². The first-order chi connectivity index (χ1) is 7.61. The third-order valence-corrected chi connectivity index (χ3v) is 2.76. The highest BCUT2D eigenvalue weighted by Gasteiger charge is 2.30. The Morgan fingerprint density at radius 1 is 1.31 bits per heavy atom. The van der Waals surface area contributed by atoms with E-state index in [1.165, 1.54) is 0 Å². The van der Waals surface area contributed by atoms with Crippen LogP contribution >= 0.6 is 0 Å². The highest BCUT2D eigenvalue weighted by molar-refractivity contribution is 5.70. The van der Waals surface area contributed by atoms with Gasteiger partial charge in [-0.3, -0.25) is 0 Å². The number of β-amino-alcohol motifs (C(OH)–C–C–N with tert-alkyl or cyclic N) is 2. The van der Waals surface area contributed by atoms with Crippen LogP contribution in [0.5, 0.6) is 0 Å². The number of nitrogen functional groups attached to an aromatic ring is 1. The molecule has 1 fully saturated rings. The predicted molar refractivity (Wildman–Crippen MR) is 59.8 cm³/mol. The molecule has 0 aliphatic carbocycles. The molecule has 0 saturated carbocycles. The van der Waals surface area contributed by atoms with Crippen molar-refractivity contribution in [2.75, 3.05) is 23.7 Å².